The average molecular weight is 793 g/mol. The van der Waals surface area contributed by atoms with Crippen molar-refractivity contribution in [2.45, 2.75) is 55.4 Å². The normalized spacial score (nSPS) is 12.2. The summed E-state index contributed by atoms with van der Waals surface area (Å²) in [6, 6.07) is 56.7. The third-order valence-electron chi connectivity index (χ3n) is 13.7. The van der Waals surface area contributed by atoms with E-state index in [1.54, 1.807) is 0 Å². The molecule has 10 aromatic rings. The van der Waals surface area contributed by atoms with Gasteiger partial charge in [-0.3, -0.25) is 0 Å². The van der Waals surface area contributed by atoms with Crippen LogP contribution < -0.4 is 0 Å². The molecule has 2 aliphatic rings. The molecule has 0 nitrogen and oxygen atoms in total. The Kier molecular flexibility index (Phi) is 7.86. The molecule has 12 rings (SSSR count). The Bertz CT molecular complexity index is 3090. The van der Waals surface area contributed by atoms with E-state index in [-0.39, 0.29) is 0 Å². The molecule has 0 fully saturated rings. The largest absolute Gasteiger partial charge is 0.0616 e. The van der Waals surface area contributed by atoms with Gasteiger partial charge in [-0.25, -0.2) is 0 Å². The van der Waals surface area contributed by atoms with Crippen LogP contribution in [0.5, 0.6) is 0 Å². The van der Waals surface area contributed by atoms with Gasteiger partial charge >= 0.3 is 0 Å². The fraction of sp³-hybridized carbons (Fsp3) is 0.129. The van der Waals surface area contributed by atoms with E-state index in [2.05, 4.69) is 201 Å². The summed E-state index contributed by atoms with van der Waals surface area (Å²) in [7, 11) is 0. The third kappa shape index (κ3) is 5.26. The van der Waals surface area contributed by atoms with E-state index in [1.165, 1.54) is 166 Å². The fourth-order valence-electron chi connectivity index (χ4n) is 12.0. The Morgan fingerprint density at radius 2 is 0.403 bits per heavy atom. The van der Waals surface area contributed by atoms with E-state index in [0.717, 1.165) is 0 Å². The van der Waals surface area contributed by atoms with E-state index >= 15 is 0 Å². The van der Waals surface area contributed by atoms with Crippen molar-refractivity contribution in [1.82, 2.24) is 0 Å². The van der Waals surface area contributed by atoms with Gasteiger partial charge in [0.15, 0.2) is 0 Å². The molecular weight excluding hydrogens is 745 g/mol. The lowest BCUT2D eigenvalue weighted by Crippen LogP contribution is -1.96. The van der Waals surface area contributed by atoms with Crippen LogP contribution in [-0.4, -0.2) is 0 Å². The number of hydrogen-bond donors (Lipinski definition) is 0. The third-order valence-corrected chi connectivity index (χ3v) is 13.7. The Morgan fingerprint density at radius 1 is 0.210 bits per heavy atom. The van der Waals surface area contributed by atoms with Gasteiger partial charge in [0.1, 0.15) is 0 Å². The van der Waals surface area contributed by atoms with Gasteiger partial charge in [-0.1, -0.05) is 190 Å². The molecule has 0 bridgehead atoms. The van der Waals surface area contributed by atoms with E-state index in [0.29, 0.717) is 0 Å². The van der Waals surface area contributed by atoms with Gasteiger partial charge in [-0.15, -0.1) is 0 Å². The predicted molar refractivity (Wildman–Crippen MR) is 267 cm³/mol. The van der Waals surface area contributed by atoms with Crippen molar-refractivity contribution in [1.29, 1.82) is 0 Å². The zero-order chi connectivity index (χ0) is 42.3. The first-order valence-electron chi connectivity index (χ1n) is 22.2. The first-order chi connectivity index (χ1) is 30.0. The van der Waals surface area contributed by atoms with Gasteiger partial charge < -0.3 is 0 Å². The van der Waals surface area contributed by atoms with Crippen LogP contribution in [0.4, 0.5) is 0 Å². The maximum Gasteiger partial charge on any atom is -0.000740 e. The Balaban J connectivity index is 1.28. The maximum atomic E-state index is 2.48. The molecule has 0 unspecified atom stereocenters. The molecule has 0 N–H and O–H groups in total. The van der Waals surface area contributed by atoms with Gasteiger partial charge in [0, 0.05) is 0 Å². The number of aryl methyl sites for hydroxylation is 8. The van der Waals surface area contributed by atoms with Crippen molar-refractivity contribution in [2.24, 2.45) is 0 Å². The summed E-state index contributed by atoms with van der Waals surface area (Å²) in [5.41, 5.74) is 31.5. The summed E-state index contributed by atoms with van der Waals surface area (Å²) in [4.78, 5) is 0. The van der Waals surface area contributed by atoms with E-state index in [1.807, 2.05) is 0 Å². The summed E-state index contributed by atoms with van der Waals surface area (Å²) in [5.74, 6) is 0. The van der Waals surface area contributed by atoms with E-state index < -0.39 is 0 Å². The highest BCUT2D eigenvalue weighted by molar-refractivity contribution is 6.35. The molecule has 10 aromatic carbocycles. The first kappa shape index (κ1) is 36.8. The highest BCUT2D eigenvalue weighted by atomic mass is 14.4. The molecule has 0 saturated heterocycles. The van der Waals surface area contributed by atoms with Gasteiger partial charge in [0.05, 0.1) is 0 Å². The van der Waals surface area contributed by atoms with Crippen molar-refractivity contribution >= 4 is 32.3 Å². The standard InChI is InChI=1S/C62H48/c1-33-21-34(2)26-41(25-33)53-45-13-9-10-14-46(45)54(42-27-35(3)22-36(4)28-42)60-50-19-20-52-58-51(18-17-49(57(50)58)59(53)60)61-55(43-29-37(5)23-38(6)30-43)47-15-11-12-16-48(47)56(62(52)61)44-31-39(7)24-40(8)32-44/h9-32H,1-8H3. The lowest BCUT2D eigenvalue weighted by molar-refractivity contribution is 1.38. The zero-order valence-corrected chi connectivity index (χ0v) is 36.9. The molecule has 0 aliphatic heterocycles. The second-order valence-electron chi connectivity index (χ2n) is 18.7. The number of benzene rings is 10. The Hall–Kier alpha value is -7.02. The SMILES string of the molecule is Cc1cc(C)cc(-c2c3c(c(-c4cc(C)cc(C)c4)c4ccccc24)-c2ccc4c5c(ccc-3c25)-c2c-4c(-c3cc(C)cc(C)c3)c3ccccc3c2-c2cc(C)cc(C)c2)c1. The van der Waals surface area contributed by atoms with Crippen LogP contribution in [0.1, 0.15) is 44.5 Å². The van der Waals surface area contributed by atoms with Crippen LogP contribution in [0.2, 0.25) is 0 Å². The van der Waals surface area contributed by atoms with Crippen molar-refractivity contribution < 1.29 is 0 Å². The van der Waals surface area contributed by atoms with Crippen LogP contribution in [0.25, 0.3) is 121 Å². The highest BCUT2D eigenvalue weighted by Gasteiger charge is 2.37. The zero-order valence-electron chi connectivity index (χ0n) is 36.9. The average Bonchev–Trinajstić information content (AvgIpc) is 3.72. The van der Waals surface area contributed by atoms with Gasteiger partial charge in [-0.2, -0.15) is 0 Å². The van der Waals surface area contributed by atoms with Crippen molar-refractivity contribution in [3.63, 3.8) is 0 Å². The number of rotatable bonds is 4. The molecule has 296 valence electrons. The summed E-state index contributed by atoms with van der Waals surface area (Å²) < 4.78 is 0. The van der Waals surface area contributed by atoms with Gasteiger partial charge in [0.2, 0.25) is 0 Å². The van der Waals surface area contributed by atoms with E-state index in [9.17, 15) is 0 Å². The van der Waals surface area contributed by atoms with Crippen molar-refractivity contribution in [3.8, 4) is 89.0 Å². The lowest BCUT2D eigenvalue weighted by Gasteiger charge is -2.22. The molecule has 0 radical (unpaired) electrons. The first-order valence-corrected chi connectivity index (χ1v) is 22.2. The van der Waals surface area contributed by atoms with E-state index in [4.69, 9.17) is 0 Å². The molecule has 0 atom stereocenters. The maximum absolute atomic E-state index is 2.48. The number of fused-ring (bicyclic) bond motifs is 8. The molecule has 0 spiro atoms. The summed E-state index contributed by atoms with van der Waals surface area (Å²) in [6.07, 6.45) is 0. The van der Waals surface area contributed by atoms with Gasteiger partial charge in [-0.05, 0) is 177 Å². The van der Waals surface area contributed by atoms with Crippen LogP contribution in [-0.2, 0) is 0 Å². The molecule has 0 heteroatoms. The minimum Gasteiger partial charge on any atom is -0.0616 e. The van der Waals surface area contributed by atoms with Crippen molar-refractivity contribution in [2.75, 3.05) is 0 Å². The topological polar surface area (TPSA) is 0 Å². The molecular formula is C62H48. The smallest absolute Gasteiger partial charge is 0.000740 e. The molecule has 2 aliphatic carbocycles. The Morgan fingerprint density at radius 3 is 0.597 bits per heavy atom. The quantitative estimate of drug-likeness (QED) is 0.167. The summed E-state index contributed by atoms with van der Waals surface area (Å²) >= 11 is 0. The molecule has 0 aromatic heterocycles. The second-order valence-corrected chi connectivity index (χ2v) is 18.7. The fourth-order valence-corrected chi connectivity index (χ4v) is 12.0. The lowest BCUT2D eigenvalue weighted by atomic mass is 9.81. The predicted octanol–water partition coefficient (Wildman–Crippen LogP) is 17.6. The van der Waals surface area contributed by atoms with Crippen molar-refractivity contribution in [3.05, 3.63) is 190 Å². The summed E-state index contributed by atoms with van der Waals surface area (Å²) in [6.45, 7) is 17.9. The minimum atomic E-state index is 1.28. The molecule has 0 saturated carbocycles. The second kappa shape index (κ2) is 13.2. The molecule has 0 heterocycles. The molecule has 62 heavy (non-hydrogen) atoms. The van der Waals surface area contributed by atoms with Crippen LogP contribution >= 0.6 is 0 Å². The number of hydrogen-bond acceptors (Lipinski definition) is 0. The van der Waals surface area contributed by atoms with Crippen LogP contribution in [0.15, 0.2) is 146 Å². The summed E-state index contributed by atoms with van der Waals surface area (Å²) in [5, 5.41) is 7.95. The highest BCUT2D eigenvalue weighted by Crippen LogP contribution is 2.64. The van der Waals surface area contributed by atoms with Crippen LogP contribution in [0.3, 0.4) is 0 Å². The van der Waals surface area contributed by atoms with Gasteiger partial charge in [0.25, 0.3) is 0 Å². The minimum absolute atomic E-state index is 1.28. The molecule has 0 amide bonds. The Labute approximate surface area is 365 Å². The van der Waals surface area contributed by atoms with Crippen LogP contribution in [0, 0.1) is 55.4 Å². The monoisotopic (exact) mass is 792 g/mol.